The first-order valence-corrected chi connectivity index (χ1v) is 8.64. The molecule has 0 spiro atoms. The Morgan fingerprint density at radius 3 is 2.71 bits per heavy atom. The average Bonchev–Trinajstić information content (AvgIpc) is 3.02. The molecule has 0 radical (unpaired) electrons. The number of hydrogen-bond donors (Lipinski definition) is 1. The summed E-state index contributed by atoms with van der Waals surface area (Å²) in [5, 5.41) is 8.99. The van der Waals surface area contributed by atoms with Crippen molar-refractivity contribution in [3.05, 3.63) is 23.7 Å². The molecule has 2 aliphatic rings. The molecule has 7 nitrogen and oxygen atoms in total. The van der Waals surface area contributed by atoms with E-state index in [0.717, 1.165) is 0 Å². The predicted molar refractivity (Wildman–Crippen MR) is 74.5 cm³/mol. The molecule has 2 aliphatic heterocycles. The Balaban J connectivity index is 1.86. The number of carbonyl (C=O) groups is 1. The van der Waals surface area contributed by atoms with Crippen molar-refractivity contribution in [3.8, 4) is 0 Å². The number of amides is 1. The topological polar surface area (TPSA) is 91.1 Å². The third kappa shape index (κ3) is 2.58. The van der Waals surface area contributed by atoms with E-state index in [4.69, 9.17) is 9.52 Å². The van der Waals surface area contributed by atoms with Crippen LogP contribution in [-0.4, -0.2) is 73.0 Å². The number of fused-ring (bicyclic) bond motifs is 1. The summed E-state index contributed by atoms with van der Waals surface area (Å²) < 4.78 is 29.0. The van der Waals surface area contributed by atoms with E-state index in [-0.39, 0.29) is 41.9 Å². The van der Waals surface area contributed by atoms with Crippen molar-refractivity contribution in [1.82, 2.24) is 9.80 Å². The van der Waals surface area contributed by atoms with Gasteiger partial charge in [0.05, 0.1) is 17.5 Å². The smallest absolute Gasteiger partial charge is 0.289 e. The predicted octanol–water partition coefficient (Wildman–Crippen LogP) is -0.675. The van der Waals surface area contributed by atoms with E-state index in [0.29, 0.717) is 18.8 Å². The molecule has 1 amide bonds. The van der Waals surface area contributed by atoms with Crippen LogP contribution >= 0.6 is 0 Å². The average molecular weight is 314 g/mol. The fourth-order valence-electron chi connectivity index (χ4n) is 3.10. The Bertz CT molecular complexity index is 653. The molecule has 3 heterocycles. The molecule has 21 heavy (non-hydrogen) atoms. The molecule has 1 aromatic rings. The fourth-order valence-corrected chi connectivity index (χ4v) is 5.15. The quantitative estimate of drug-likeness (QED) is 0.778. The Kier molecular flexibility index (Phi) is 3.54. The number of aliphatic hydroxyl groups is 1. The number of aliphatic hydroxyl groups excluding tert-OH is 1. The molecule has 0 aromatic carbocycles. The summed E-state index contributed by atoms with van der Waals surface area (Å²) in [5.74, 6) is 0.254. The van der Waals surface area contributed by atoms with Crippen LogP contribution in [0.1, 0.15) is 16.3 Å². The normalized spacial score (nSPS) is 28.6. The van der Waals surface area contributed by atoms with Gasteiger partial charge in [-0.3, -0.25) is 9.69 Å². The van der Waals surface area contributed by atoms with Crippen molar-refractivity contribution >= 4 is 15.7 Å². The van der Waals surface area contributed by atoms with Crippen LogP contribution in [0.15, 0.2) is 16.5 Å². The summed E-state index contributed by atoms with van der Waals surface area (Å²) in [6.45, 7) is 0.841. The molecule has 1 N–H and O–H groups in total. The van der Waals surface area contributed by atoms with E-state index in [1.165, 1.54) is 6.07 Å². The van der Waals surface area contributed by atoms with Gasteiger partial charge in [0.15, 0.2) is 15.6 Å². The number of likely N-dealkylation sites (N-methyl/N-ethyl adjacent to an activating group) is 1. The van der Waals surface area contributed by atoms with Gasteiger partial charge < -0.3 is 14.4 Å². The van der Waals surface area contributed by atoms with Crippen LogP contribution < -0.4 is 0 Å². The second kappa shape index (κ2) is 5.11. The monoisotopic (exact) mass is 314 g/mol. The lowest BCUT2D eigenvalue weighted by molar-refractivity contribution is 0.0379. The number of rotatable bonds is 2. The van der Waals surface area contributed by atoms with E-state index >= 15 is 0 Å². The van der Waals surface area contributed by atoms with E-state index in [9.17, 15) is 13.2 Å². The maximum atomic E-state index is 12.5. The van der Waals surface area contributed by atoms with Crippen molar-refractivity contribution in [3.63, 3.8) is 0 Å². The third-order valence-electron chi connectivity index (χ3n) is 4.24. The second-order valence-electron chi connectivity index (χ2n) is 5.61. The minimum atomic E-state index is -3.12. The van der Waals surface area contributed by atoms with Crippen LogP contribution in [0.3, 0.4) is 0 Å². The van der Waals surface area contributed by atoms with E-state index in [1.54, 1.807) is 11.0 Å². The molecule has 0 saturated carbocycles. The van der Waals surface area contributed by atoms with E-state index in [2.05, 4.69) is 0 Å². The van der Waals surface area contributed by atoms with E-state index < -0.39 is 9.84 Å². The highest BCUT2D eigenvalue weighted by molar-refractivity contribution is 7.91. The molecule has 0 bridgehead atoms. The Morgan fingerprint density at radius 2 is 2.05 bits per heavy atom. The zero-order valence-corrected chi connectivity index (χ0v) is 12.5. The van der Waals surface area contributed by atoms with Gasteiger partial charge in [0.25, 0.3) is 5.91 Å². The first-order valence-electron chi connectivity index (χ1n) is 6.82. The summed E-state index contributed by atoms with van der Waals surface area (Å²) in [7, 11) is -1.23. The lowest BCUT2D eigenvalue weighted by atomic mass is 10.1. The van der Waals surface area contributed by atoms with Crippen molar-refractivity contribution in [2.24, 2.45) is 0 Å². The Morgan fingerprint density at radius 1 is 1.33 bits per heavy atom. The summed E-state index contributed by atoms with van der Waals surface area (Å²) in [6, 6.07) is 2.58. The van der Waals surface area contributed by atoms with Gasteiger partial charge >= 0.3 is 0 Å². The third-order valence-corrected chi connectivity index (χ3v) is 5.94. The molecule has 1 aromatic heterocycles. The first-order chi connectivity index (χ1) is 9.91. The van der Waals surface area contributed by atoms with Crippen LogP contribution in [0.5, 0.6) is 0 Å². The molecule has 3 rings (SSSR count). The number of piperazine rings is 1. The van der Waals surface area contributed by atoms with Gasteiger partial charge in [0.1, 0.15) is 12.4 Å². The number of nitrogens with zero attached hydrogens (tertiary/aromatic N) is 2. The van der Waals surface area contributed by atoms with Gasteiger partial charge in [-0.05, 0) is 19.2 Å². The lowest BCUT2D eigenvalue weighted by Crippen LogP contribution is -2.59. The highest BCUT2D eigenvalue weighted by Gasteiger charge is 2.47. The highest BCUT2D eigenvalue weighted by Crippen LogP contribution is 2.27. The van der Waals surface area contributed by atoms with Gasteiger partial charge in [0, 0.05) is 19.1 Å². The maximum Gasteiger partial charge on any atom is 0.289 e. The number of sulfone groups is 1. The molecule has 8 heteroatoms. The minimum Gasteiger partial charge on any atom is -0.453 e. The SMILES string of the molecule is CN1CCN(C(=O)c2ccc(CO)o2)[C@@H]2CS(=O)(=O)C[C@@H]21. The molecule has 2 atom stereocenters. The molecular formula is C13H18N2O5S. The van der Waals surface area contributed by atoms with Crippen molar-refractivity contribution in [1.29, 1.82) is 0 Å². The van der Waals surface area contributed by atoms with Crippen LogP contribution in [-0.2, 0) is 16.4 Å². The molecule has 0 unspecified atom stereocenters. The standard InChI is InChI=1S/C13H18N2O5S/c1-14-4-5-15(11-8-21(18,19)7-10(11)14)13(17)12-3-2-9(6-16)20-12/h2-3,10-11,16H,4-8H2,1H3/t10-,11+/m0/s1. The number of hydrogen-bond acceptors (Lipinski definition) is 6. The van der Waals surface area contributed by atoms with Gasteiger partial charge in [-0.25, -0.2) is 8.42 Å². The van der Waals surface area contributed by atoms with Crippen molar-refractivity contribution in [2.75, 3.05) is 31.6 Å². The summed E-state index contributed by atoms with van der Waals surface area (Å²) >= 11 is 0. The zero-order valence-electron chi connectivity index (χ0n) is 11.7. The van der Waals surface area contributed by atoms with Gasteiger partial charge in [0.2, 0.25) is 0 Å². The maximum absolute atomic E-state index is 12.5. The Labute approximate surface area is 123 Å². The van der Waals surface area contributed by atoms with Crippen LogP contribution in [0, 0.1) is 0 Å². The minimum absolute atomic E-state index is 0.00130. The molecule has 2 fully saturated rings. The summed E-state index contributed by atoms with van der Waals surface area (Å²) in [6.07, 6.45) is 0. The number of furan rings is 1. The van der Waals surface area contributed by atoms with Crippen LogP contribution in [0.4, 0.5) is 0 Å². The second-order valence-corrected chi connectivity index (χ2v) is 7.77. The van der Waals surface area contributed by atoms with Crippen molar-refractivity contribution in [2.45, 2.75) is 18.7 Å². The van der Waals surface area contributed by atoms with Crippen LogP contribution in [0.25, 0.3) is 0 Å². The zero-order chi connectivity index (χ0) is 15.2. The Hall–Kier alpha value is -1.38. The van der Waals surface area contributed by atoms with Crippen LogP contribution in [0.2, 0.25) is 0 Å². The molecule has 0 aliphatic carbocycles. The molecular weight excluding hydrogens is 296 g/mol. The summed E-state index contributed by atoms with van der Waals surface area (Å²) in [4.78, 5) is 16.1. The first kappa shape index (κ1) is 14.6. The largest absolute Gasteiger partial charge is 0.453 e. The van der Waals surface area contributed by atoms with Gasteiger partial charge in [-0.15, -0.1) is 0 Å². The molecule has 116 valence electrons. The van der Waals surface area contributed by atoms with Gasteiger partial charge in [-0.2, -0.15) is 0 Å². The number of carbonyl (C=O) groups excluding carboxylic acids is 1. The fraction of sp³-hybridized carbons (Fsp3) is 0.615. The van der Waals surface area contributed by atoms with Crippen molar-refractivity contribution < 1.29 is 22.7 Å². The molecule has 2 saturated heterocycles. The highest BCUT2D eigenvalue weighted by atomic mass is 32.2. The lowest BCUT2D eigenvalue weighted by Gasteiger charge is -2.41. The van der Waals surface area contributed by atoms with Gasteiger partial charge in [-0.1, -0.05) is 0 Å². The summed E-state index contributed by atoms with van der Waals surface area (Å²) in [5.41, 5.74) is 0. The van der Waals surface area contributed by atoms with E-state index in [1.807, 2.05) is 11.9 Å².